The molecular formula is C26H35F3N4O. The average Bonchev–Trinajstić information content (AvgIpc) is 2.86. The zero-order valence-corrected chi connectivity index (χ0v) is 20.0. The number of piperazine rings is 2. The van der Waals surface area contributed by atoms with E-state index < -0.39 is 11.7 Å². The summed E-state index contributed by atoms with van der Waals surface area (Å²) in [4.78, 5) is 7.10. The Labute approximate surface area is 200 Å². The number of alkyl halides is 3. The van der Waals surface area contributed by atoms with Crippen molar-refractivity contribution in [1.82, 2.24) is 15.1 Å². The molecule has 0 aromatic heterocycles. The summed E-state index contributed by atoms with van der Waals surface area (Å²) in [7, 11) is 1.71. The lowest BCUT2D eigenvalue weighted by Crippen LogP contribution is -2.62. The predicted molar refractivity (Wildman–Crippen MR) is 129 cm³/mol. The fraction of sp³-hybridized carbons (Fsp3) is 0.538. The molecule has 2 aliphatic rings. The molecule has 0 saturated carbocycles. The summed E-state index contributed by atoms with van der Waals surface area (Å²) in [6, 6.07) is 14.4. The fourth-order valence-corrected chi connectivity index (χ4v) is 5.27. The molecule has 0 spiro atoms. The molecule has 0 bridgehead atoms. The van der Waals surface area contributed by atoms with Gasteiger partial charge in [0.1, 0.15) is 5.75 Å². The molecule has 186 valence electrons. The van der Waals surface area contributed by atoms with E-state index in [-0.39, 0.29) is 6.04 Å². The maximum Gasteiger partial charge on any atom is 0.416 e. The molecule has 0 amide bonds. The summed E-state index contributed by atoms with van der Waals surface area (Å²) in [6.45, 7) is 9.20. The van der Waals surface area contributed by atoms with Gasteiger partial charge >= 0.3 is 6.18 Å². The van der Waals surface area contributed by atoms with Crippen molar-refractivity contribution in [2.24, 2.45) is 0 Å². The first-order chi connectivity index (χ1) is 16.4. The van der Waals surface area contributed by atoms with Crippen LogP contribution in [0.3, 0.4) is 0 Å². The third-order valence-electron chi connectivity index (χ3n) is 7.09. The molecule has 2 saturated heterocycles. The Balaban J connectivity index is 1.36. The highest BCUT2D eigenvalue weighted by Gasteiger charge is 2.34. The second-order valence-corrected chi connectivity index (χ2v) is 9.15. The third kappa shape index (κ3) is 5.85. The summed E-state index contributed by atoms with van der Waals surface area (Å²) >= 11 is 0. The van der Waals surface area contributed by atoms with E-state index in [0.717, 1.165) is 57.5 Å². The number of benzene rings is 2. The molecule has 2 aromatic rings. The maximum atomic E-state index is 13.2. The minimum atomic E-state index is -4.32. The minimum absolute atomic E-state index is 0.217. The Hall–Kier alpha value is -2.29. The monoisotopic (exact) mass is 476 g/mol. The number of nitrogens with one attached hydrogen (secondary N) is 1. The second kappa shape index (κ2) is 11.0. The molecular weight excluding hydrogens is 441 g/mol. The standard InChI is InChI=1S/C26H35F3N4O/c1-3-24(32-15-13-31(14-16-32)18-20-7-4-5-10-25(20)34-2)23-19-33(12-11-30-23)22-9-6-8-21(17-22)26(27,28)29/h4-10,17,23-24,30H,3,11-16,18-19H2,1-2H3. The Kier molecular flexibility index (Phi) is 8.01. The van der Waals surface area contributed by atoms with Gasteiger partial charge in [0, 0.05) is 75.7 Å². The van der Waals surface area contributed by atoms with E-state index in [1.54, 1.807) is 13.2 Å². The highest BCUT2D eigenvalue weighted by atomic mass is 19.4. The van der Waals surface area contributed by atoms with Crippen LogP contribution < -0.4 is 15.0 Å². The van der Waals surface area contributed by atoms with Crippen LogP contribution in [0.25, 0.3) is 0 Å². The van der Waals surface area contributed by atoms with Crippen LogP contribution in [-0.4, -0.2) is 74.8 Å². The Bertz CT molecular complexity index is 930. The molecule has 8 heteroatoms. The van der Waals surface area contributed by atoms with E-state index in [1.165, 1.54) is 17.7 Å². The molecule has 2 fully saturated rings. The Morgan fingerprint density at radius 3 is 2.50 bits per heavy atom. The van der Waals surface area contributed by atoms with Crippen LogP contribution in [0, 0.1) is 0 Å². The molecule has 2 aromatic carbocycles. The van der Waals surface area contributed by atoms with Gasteiger partial charge in [-0.25, -0.2) is 0 Å². The normalized spacial score (nSPS) is 21.4. The molecule has 0 radical (unpaired) electrons. The smallest absolute Gasteiger partial charge is 0.416 e. The number of hydrogen-bond acceptors (Lipinski definition) is 5. The van der Waals surface area contributed by atoms with E-state index in [1.807, 2.05) is 18.2 Å². The Morgan fingerprint density at radius 2 is 1.79 bits per heavy atom. The highest BCUT2D eigenvalue weighted by molar-refractivity contribution is 5.50. The van der Waals surface area contributed by atoms with Gasteiger partial charge in [0.25, 0.3) is 0 Å². The van der Waals surface area contributed by atoms with Crippen LogP contribution in [0.4, 0.5) is 18.9 Å². The van der Waals surface area contributed by atoms with Crippen LogP contribution in [0.1, 0.15) is 24.5 Å². The van der Waals surface area contributed by atoms with Gasteiger partial charge in [-0.3, -0.25) is 9.80 Å². The summed E-state index contributed by atoms with van der Waals surface area (Å²) in [5.74, 6) is 0.928. The van der Waals surface area contributed by atoms with Crippen molar-refractivity contribution in [3.8, 4) is 5.75 Å². The van der Waals surface area contributed by atoms with Gasteiger partial charge in [-0.15, -0.1) is 0 Å². The number of methoxy groups -OCH3 is 1. The van der Waals surface area contributed by atoms with Crippen LogP contribution >= 0.6 is 0 Å². The topological polar surface area (TPSA) is 31.0 Å². The molecule has 0 aliphatic carbocycles. The molecule has 1 N–H and O–H groups in total. The zero-order valence-electron chi connectivity index (χ0n) is 20.0. The van der Waals surface area contributed by atoms with Gasteiger partial charge in [0.2, 0.25) is 0 Å². The van der Waals surface area contributed by atoms with Crippen molar-refractivity contribution in [2.75, 3.05) is 57.8 Å². The van der Waals surface area contributed by atoms with Crippen LogP contribution in [0.5, 0.6) is 5.75 Å². The highest BCUT2D eigenvalue weighted by Crippen LogP contribution is 2.32. The summed E-state index contributed by atoms with van der Waals surface area (Å²) in [5, 5.41) is 3.64. The van der Waals surface area contributed by atoms with E-state index in [4.69, 9.17) is 4.74 Å². The molecule has 4 rings (SSSR count). The molecule has 2 heterocycles. The SMILES string of the molecule is CCC(C1CN(c2cccc(C(F)(F)F)c2)CCN1)N1CCN(Cc2ccccc2OC)CC1. The number of ether oxygens (including phenoxy) is 1. The summed E-state index contributed by atoms with van der Waals surface area (Å²) < 4.78 is 45.1. The van der Waals surface area contributed by atoms with Gasteiger partial charge in [0.05, 0.1) is 12.7 Å². The van der Waals surface area contributed by atoms with Crippen LogP contribution in [0.2, 0.25) is 0 Å². The Morgan fingerprint density at radius 1 is 1.03 bits per heavy atom. The first-order valence-corrected chi connectivity index (χ1v) is 12.1. The zero-order chi connectivity index (χ0) is 24.1. The van der Waals surface area contributed by atoms with Crippen molar-refractivity contribution in [3.63, 3.8) is 0 Å². The number of rotatable bonds is 7. The first kappa shape index (κ1) is 24.8. The van der Waals surface area contributed by atoms with Gasteiger partial charge in [-0.2, -0.15) is 13.2 Å². The molecule has 2 aliphatic heterocycles. The van der Waals surface area contributed by atoms with E-state index in [2.05, 4.69) is 33.0 Å². The van der Waals surface area contributed by atoms with Crippen molar-refractivity contribution in [3.05, 3.63) is 59.7 Å². The third-order valence-corrected chi connectivity index (χ3v) is 7.09. The lowest BCUT2D eigenvalue weighted by molar-refractivity contribution is -0.137. The van der Waals surface area contributed by atoms with Crippen LogP contribution in [0.15, 0.2) is 48.5 Å². The molecule has 5 nitrogen and oxygen atoms in total. The van der Waals surface area contributed by atoms with Crippen molar-refractivity contribution >= 4 is 5.69 Å². The quantitative estimate of drug-likeness (QED) is 0.651. The number of nitrogens with zero attached hydrogens (tertiary/aromatic N) is 3. The van der Waals surface area contributed by atoms with E-state index >= 15 is 0 Å². The number of halogens is 3. The van der Waals surface area contributed by atoms with Gasteiger partial charge in [0.15, 0.2) is 0 Å². The first-order valence-electron chi connectivity index (χ1n) is 12.1. The summed E-state index contributed by atoms with van der Waals surface area (Å²) in [5.41, 5.74) is 1.27. The minimum Gasteiger partial charge on any atom is -0.496 e. The maximum absolute atomic E-state index is 13.2. The lowest BCUT2D eigenvalue weighted by Gasteiger charge is -2.45. The number of para-hydroxylation sites is 1. The van der Waals surface area contributed by atoms with E-state index in [0.29, 0.717) is 24.8 Å². The summed E-state index contributed by atoms with van der Waals surface area (Å²) in [6.07, 6.45) is -3.32. The predicted octanol–water partition coefficient (Wildman–Crippen LogP) is 4.09. The molecule has 2 atom stereocenters. The molecule has 2 unspecified atom stereocenters. The number of hydrogen-bond donors (Lipinski definition) is 1. The largest absolute Gasteiger partial charge is 0.496 e. The lowest BCUT2D eigenvalue weighted by atomic mass is 9.99. The molecule has 34 heavy (non-hydrogen) atoms. The van der Waals surface area contributed by atoms with Crippen molar-refractivity contribution < 1.29 is 17.9 Å². The van der Waals surface area contributed by atoms with Gasteiger partial charge in [-0.1, -0.05) is 31.2 Å². The van der Waals surface area contributed by atoms with Crippen LogP contribution in [-0.2, 0) is 12.7 Å². The van der Waals surface area contributed by atoms with Gasteiger partial charge in [-0.05, 0) is 30.7 Å². The van der Waals surface area contributed by atoms with Crippen molar-refractivity contribution in [1.29, 1.82) is 0 Å². The van der Waals surface area contributed by atoms with E-state index in [9.17, 15) is 13.2 Å². The van der Waals surface area contributed by atoms with Gasteiger partial charge < -0.3 is 15.0 Å². The number of anilines is 1. The second-order valence-electron chi connectivity index (χ2n) is 9.15. The van der Waals surface area contributed by atoms with Crippen molar-refractivity contribution in [2.45, 2.75) is 38.1 Å². The average molecular weight is 477 g/mol. The fourth-order valence-electron chi connectivity index (χ4n) is 5.27.